The fourth-order valence-electron chi connectivity index (χ4n) is 4.74. The van der Waals surface area contributed by atoms with E-state index < -0.39 is 17.7 Å². The minimum atomic E-state index is -0.662. The van der Waals surface area contributed by atoms with Crippen LogP contribution in [0.1, 0.15) is 49.9 Å². The molecular weight excluding hydrogens is 444 g/mol. The van der Waals surface area contributed by atoms with Gasteiger partial charge in [0.15, 0.2) is 11.5 Å². The van der Waals surface area contributed by atoms with Gasteiger partial charge in [0.1, 0.15) is 19.0 Å². The average molecular weight is 479 g/mol. The zero-order valence-corrected chi connectivity index (χ0v) is 20.8. The highest BCUT2D eigenvalue weighted by Gasteiger charge is 2.45. The summed E-state index contributed by atoms with van der Waals surface area (Å²) in [4.78, 5) is 30.3. The van der Waals surface area contributed by atoms with Crippen molar-refractivity contribution >= 4 is 17.4 Å². The first-order valence-corrected chi connectivity index (χ1v) is 12.5. The first-order valence-electron chi connectivity index (χ1n) is 12.5. The maximum Gasteiger partial charge on any atom is 0.295 e. The van der Waals surface area contributed by atoms with Crippen molar-refractivity contribution < 1.29 is 24.2 Å². The van der Waals surface area contributed by atoms with E-state index in [1.54, 1.807) is 23.1 Å². The molecule has 0 bridgehead atoms. The Labute approximate surface area is 206 Å². The van der Waals surface area contributed by atoms with Gasteiger partial charge < -0.3 is 24.4 Å². The van der Waals surface area contributed by atoms with Gasteiger partial charge in [-0.1, -0.05) is 45.0 Å². The number of hydrogen-bond donors (Lipinski definition) is 1. The molecule has 0 saturated carbocycles. The molecule has 2 heterocycles. The van der Waals surface area contributed by atoms with Crippen molar-refractivity contribution in [1.29, 1.82) is 0 Å². The topological polar surface area (TPSA) is 79.3 Å². The monoisotopic (exact) mass is 478 g/mol. The van der Waals surface area contributed by atoms with Crippen LogP contribution in [0.5, 0.6) is 11.5 Å². The minimum absolute atomic E-state index is 0.110. The van der Waals surface area contributed by atoms with E-state index in [1.807, 2.05) is 24.3 Å². The normalized spacial score (nSPS) is 19.0. The molecule has 7 nitrogen and oxygen atoms in total. The predicted octanol–water partition coefficient (Wildman–Crippen LogP) is 4.17. The molecule has 1 fully saturated rings. The van der Waals surface area contributed by atoms with Gasteiger partial charge in [0.2, 0.25) is 0 Å². The van der Waals surface area contributed by atoms with Gasteiger partial charge in [0, 0.05) is 12.1 Å². The van der Waals surface area contributed by atoms with E-state index in [0.717, 1.165) is 38.0 Å². The summed E-state index contributed by atoms with van der Waals surface area (Å²) in [6.45, 7) is 10.3. The highest BCUT2D eigenvalue weighted by atomic mass is 16.6. The van der Waals surface area contributed by atoms with E-state index >= 15 is 0 Å². The summed E-state index contributed by atoms with van der Waals surface area (Å²) in [7, 11) is 0. The van der Waals surface area contributed by atoms with Crippen molar-refractivity contribution in [2.75, 3.05) is 39.4 Å². The highest BCUT2D eigenvalue weighted by molar-refractivity contribution is 6.46. The Morgan fingerprint density at radius 1 is 1.00 bits per heavy atom. The van der Waals surface area contributed by atoms with Gasteiger partial charge in [-0.2, -0.15) is 0 Å². The van der Waals surface area contributed by atoms with E-state index in [1.165, 1.54) is 5.56 Å². The Hall–Kier alpha value is -3.32. The lowest BCUT2D eigenvalue weighted by Crippen LogP contribution is -2.33. The van der Waals surface area contributed by atoms with E-state index in [9.17, 15) is 14.7 Å². The van der Waals surface area contributed by atoms with Crippen LogP contribution in [0.3, 0.4) is 0 Å². The number of fused-ring (bicyclic) bond motifs is 1. The number of rotatable bonds is 9. The van der Waals surface area contributed by atoms with Crippen molar-refractivity contribution in [2.45, 2.75) is 39.7 Å². The summed E-state index contributed by atoms with van der Waals surface area (Å²) in [5.74, 6) is -0.330. The summed E-state index contributed by atoms with van der Waals surface area (Å²) >= 11 is 0. The van der Waals surface area contributed by atoms with Crippen LogP contribution in [0, 0.1) is 0 Å². The second-order valence-electron chi connectivity index (χ2n) is 8.83. The number of ether oxygens (including phenoxy) is 2. The molecule has 1 N–H and O–H groups in total. The van der Waals surface area contributed by atoms with Gasteiger partial charge in [-0.15, -0.1) is 0 Å². The van der Waals surface area contributed by atoms with E-state index in [0.29, 0.717) is 36.8 Å². The van der Waals surface area contributed by atoms with Gasteiger partial charge in [-0.05, 0) is 61.8 Å². The van der Waals surface area contributed by atoms with Crippen LogP contribution in [-0.2, 0) is 16.0 Å². The second kappa shape index (κ2) is 11.0. The molecule has 0 aromatic heterocycles. The van der Waals surface area contributed by atoms with Gasteiger partial charge in [0.05, 0.1) is 11.6 Å². The zero-order valence-electron chi connectivity index (χ0n) is 20.8. The summed E-state index contributed by atoms with van der Waals surface area (Å²) in [5.41, 5.74) is 2.51. The van der Waals surface area contributed by atoms with Crippen molar-refractivity contribution in [3.05, 3.63) is 64.7 Å². The molecule has 0 radical (unpaired) electrons. The number of Topliss-reactive ketones (excluding diaryl/α,β-unsaturated/α-hetero) is 1. The van der Waals surface area contributed by atoms with Crippen LogP contribution in [-0.4, -0.2) is 66.0 Å². The van der Waals surface area contributed by atoms with E-state index in [4.69, 9.17) is 9.47 Å². The molecule has 2 aliphatic rings. The predicted molar refractivity (Wildman–Crippen MR) is 135 cm³/mol. The number of aliphatic hydroxyl groups excluding tert-OH is 1. The smallest absolute Gasteiger partial charge is 0.295 e. The first-order chi connectivity index (χ1) is 17.0. The molecule has 7 heteroatoms. The number of carbonyl (C=O) groups is 2. The number of carbonyl (C=O) groups excluding carboxylic acids is 2. The van der Waals surface area contributed by atoms with Crippen molar-refractivity contribution in [3.8, 4) is 11.5 Å². The van der Waals surface area contributed by atoms with Crippen LogP contribution in [0.15, 0.2) is 48.0 Å². The zero-order chi connectivity index (χ0) is 24.9. The third-order valence-electron chi connectivity index (χ3n) is 6.83. The molecule has 2 aliphatic heterocycles. The molecule has 4 rings (SSSR count). The molecule has 35 heavy (non-hydrogen) atoms. The van der Waals surface area contributed by atoms with Crippen LogP contribution in [0.25, 0.3) is 5.76 Å². The van der Waals surface area contributed by atoms with Crippen molar-refractivity contribution in [1.82, 2.24) is 9.80 Å². The Balaban J connectivity index is 1.73. The lowest BCUT2D eigenvalue weighted by Gasteiger charge is -2.27. The summed E-state index contributed by atoms with van der Waals surface area (Å²) in [6.07, 6.45) is 1.63. The van der Waals surface area contributed by atoms with Crippen LogP contribution >= 0.6 is 0 Å². The first kappa shape index (κ1) is 24.8. The average Bonchev–Trinajstić information content (AvgIpc) is 3.15. The molecular formula is C28H34N2O5. The third kappa shape index (κ3) is 5.05. The number of aryl methyl sites for hydroxylation is 1. The largest absolute Gasteiger partial charge is 0.507 e. The number of likely N-dealkylation sites (tertiary alicyclic amines) is 1. The molecule has 0 aliphatic carbocycles. The number of benzene rings is 2. The summed E-state index contributed by atoms with van der Waals surface area (Å²) in [6, 6.07) is 12.3. The number of aliphatic hydroxyl groups is 1. The van der Waals surface area contributed by atoms with Gasteiger partial charge in [-0.25, -0.2) is 0 Å². The van der Waals surface area contributed by atoms with E-state index in [-0.39, 0.29) is 11.3 Å². The minimum Gasteiger partial charge on any atom is -0.507 e. The van der Waals surface area contributed by atoms with Crippen LogP contribution < -0.4 is 9.47 Å². The summed E-state index contributed by atoms with van der Waals surface area (Å²) in [5, 5.41) is 11.3. The van der Waals surface area contributed by atoms with Crippen molar-refractivity contribution in [2.24, 2.45) is 0 Å². The molecule has 0 spiro atoms. The number of nitrogens with zero attached hydrogens (tertiary/aromatic N) is 2. The van der Waals surface area contributed by atoms with Crippen molar-refractivity contribution in [3.63, 3.8) is 0 Å². The lowest BCUT2D eigenvalue weighted by atomic mass is 9.94. The quantitative estimate of drug-likeness (QED) is 0.331. The maximum absolute atomic E-state index is 13.3. The van der Waals surface area contributed by atoms with Gasteiger partial charge in [0.25, 0.3) is 11.7 Å². The molecule has 186 valence electrons. The molecule has 2 aromatic rings. The van der Waals surface area contributed by atoms with Gasteiger partial charge >= 0.3 is 0 Å². The Bertz CT molecular complexity index is 1100. The molecule has 1 atom stereocenters. The Morgan fingerprint density at radius 3 is 2.34 bits per heavy atom. The second-order valence-corrected chi connectivity index (χ2v) is 8.83. The number of amides is 1. The van der Waals surface area contributed by atoms with Gasteiger partial charge in [-0.3, -0.25) is 9.59 Å². The molecule has 1 saturated heterocycles. The Morgan fingerprint density at radius 2 is 1.69 bits per heavy atom. The summed E-state index contributed by atoms with van der Waals surface area (Å²) < 4.78 is 11.2. The number of hydrogen-bond acceptors (Lipinski definition) is 6. The van der Waals surface area contributed by atoms with Crippen LogP contribution in [0.4, 0.5) is 0 Å². The molecule has 1 unspecified atom stereocenters. The SMILES string of the molecule is CCc1ccc(C2C(=C(O)c3ccc4c(c3)OCCO4)C(=O)C(=O)N2CCCN(CC)CC)cc1. The lowest BCUT2D eigenvalue weighted by molar-refractivity contribution is -0.140. The standard InChI is InChI=1S/C28H34N2O5/c1-4-19-8-10-20(11-9-19)25-24(26(31)21-12-13-22-23(18-21)35-17-16-34-22)27(32)28(33)30(25)15-7-14-29(5-2)6-3/h8-13,18,25,31H,4-7,14-17H2,1-3H3. The third-order valence-corrected chi connectivity index (χ3v) is 6.83. The Kier molecular flexibility index (Phi) is 7.76. The maximum atomic E-state index is 13.3. The highest BCUT2D eigenvalue weighted by Crippen LogP contribution is 2.41. The molecule has 2 aromatic carbocycles. The van der Waals surface area contributed by atoms with Crippen LogP contribution in [0.2, 0.25) is 0 Å². The molecule has 1 amide bonds. The number of ketones is 1. The fraction of sp³-hybridized carbons (Fsp3) is 0.429. The van der Waals surface area contributed by atoms with E-state index in [2.05, 4.69) is 25.7 Å². The fourth-order valence-corrected chi connectivity index (χ4v) is 4.74.